The fourth-order valence-electron chi connectivity index (χ4n) is 7.53. The van der Waals surface area contributed by atoms with Crippen LogP contribution in [0.1, 0.15) is 78.6 Å². The van der Waals surface area contributed by atoms with E-state index in [1.165, 1.54) is 25.7 Å². The van der Waals surface area contributed by atoms with Gasteiger partial charge in [-0.05, 0) is 70.6 Å². The van der Waals surface area contributed by atoms with Gasteiger partial charge < -0.3 is 19.3 Å². The second-order valence-corrected chi connectivity index (χ2v) is 11.1. The van der Waals surface area contributed by atoms with Crippen LogP contribution >= 0.6 is 0 Å². The summed E-state index contributed by atoms with van der Waals surface area (Å²) in [5.41, 5.74) is 6.54. The molecule has 0 aromatic heterocycles. The van der Waals surface area contributed by atoms with Crippen LogP contribution in [0.4, 0.5) is 0 Å². The molecule has 0 aromatic rings. The third-order valence-electron chi connectivity index (χ3n) is 9.00. The van der Waals surface area contributed by atoms with Crippen molar-refractivity contribution in [3.63, 3.8) is 0 Å². The Kier molecular flexibility index (Phi) is 6.98. The molecule has 5 fully saturated rings. The summed E-state index contributed by atoms with van der Waals surface area (Å²) >= 11 is 0. The van der Waals surface area contributed by atoms with Gasteiger partial charge >= 0.3 is 0 Å². The van der Waals surface area contributed by atoms with Crippen LogP contribution in [0, 0.1) is 17.8 Å². The lowest BCUT2D eigenvalue weighted by atomic mass is 9.67. The molecule has 3 aliphatic heterocycles. The van der Waals surface area contributed by atoms with Crippen molar-refractivity contribution < 1.29 is 19.1 Å². The first-order valence-electron chi connectivity index (χ1n) is 13.3. The van der Waals surface area contributed by atoms with Gasteiger partial charge in [-0.25, -0.2) is 10.9 Å². The number of nitrogens with zero attached hydrogens (tertiary/aromatic N) is 2. The normalized spacial score (nSPS) is 44.0. The third kappa shape index (κ3) is 4.68. The van der Waals surface area contributed by atoms with E-state index in [0.717, 1.165) is 32.1 Å². The first-order valence-corrected chi connectivity index (χ1v) is 13.3. The lowest BCUT2D eigenvalue weighted by molar-refractivity contribution is -0.160. The molecule has 3 saturated heterocycles. The molecule has 8 unspecified atom stereocenters. The highest BCUT2D eigenvalue weighted by molar-refractivity contribution is 5.82. The Morgan fingerprint density at radius 3 is 2.36 bits per heavy atom. The van der Waals surface area contributed by atoms with E-state index in [1.54, 1.807) is 6.92 Å². The zero-order valence-corrected chi connectivity index (χ0v) is 20.5. The van der Waals surface area contributed by atoms with Crippen molar-refractivity contribution in [3.8, 4) is 0 Å². The topological polar surface area (TPSA) is 83.1 Å². The number of ether oxygens (including phenoxy) is 2. The predicted molar refractivity (Wildman–Crippen MR) is 124 cm³/mol. The molecule has 8 nitrogen and oxygen atoms in total. The highest BCUT2D eigenvalue weighted by Crippen LogP contribution is 2.45. The molecule has 2 amide bonds. The molecule has 0 spiro atoms. The minimum atomic E-state index is -0.291. The number of carbonyl (C=O) groups is 2. The number of hydrogen-bond acceptors (Lipinski definition) is 6. The summed E-state index contributed by atoms with van der Waals surface area (Å²) in [6, 6.07) is 0.311. The highest BCUT2D eigenvalue weighted by atomic mass is 16.5. The molecule has 186 valence electrons. The number of hydrogen-bond donors (Lipinski definition) is 2. The Labute approximate surface area is 198 Å². The number of amides is 2. The molecule has 0 bridgehead atoms. The van der Waals surface area contributed by atoms with Crippen molar-refractivity contribution in [1.29, 1.82) is 0 Å². The average Bonchev–Trinajstić information content (AvgIpc) is 3.50. The van der Waals surface area contributed by atoms with E-state index < -0.39 is 0 Å². The molecule has 2 N–H and O–H groups in total. The minimum Gasteiger partial charge on any atom is -0.368 e. The predicted octanol–water partition coefficient (Wildman–Crippen LogP) is 2.38. The Bertz CT molecular complexity index is 729. The van der Waals surface area contributed by atoms with E-state index in [4.69, 9.17) is 9.47 Å². The first-order chi connectivity index (χ1) is 15.9. The number of fused-ring (bicyclic) bond motifs is 1. The SMILES string of the molecule is CC(=O)N1C2CCC(C3CCCC(C4NNC(C)O4)C3)CC2N(C(=O)C2CCCO2)C[C@@H]1C. The van der Waals surface area contributed by atoms with Crippen LogP contribution in [0.2, 0.25) is 0 Å². The van der Waals surface area contributed by atoms with E-state index in [1.807, 2.05) is 6.92 Å². The summed E-state index contributed by atoms with van der Waals surface area (Å²) < 4.78 is 11.8. The van der Waals surface area contributed by atoms with Crippen LogP contribution in [0.15, 0.2) is 0 Å². The lowest BCUT2D eigenvalue weighted by Crippen LogP contribution is -2.68. The van der Waals surface area contributed by atoms with Gasteiger partial charge in [0.05, 0.1) is 12.1 Å². The molecule has 5 aliphatic rings. The highest BCUT2D eigenvalue weighted by Gasteiger charge is 2.49. The summed E-state index contributed by atoms with van der Waals surface area (Å²) in [5, 5.41) is 0. The maximum atomic E-state index is 13.5. The maximum absolute atomic E-state index is 13.5. The summed E-state index contributed by atoms with van der Waals surface area (Å²) in [6.45, 7) is 7.13. The van der Waals surface area contributed by atoms with Crippen LogP contribution in [-0.4, -0.2) is 71.5 Å². The van der Waals surface area contributed by atoms with Crippen LogP contribution < -0.4 is 10.9 Å². The molecular formula is C25H42N4O4. The zero-order valence-electron chi connectivity index (χ0n) is 20.5. The maximum Gasteiger partial charge on any atom is 0.252 e. The third-order valence-corrected chi connectivity index (χ3v) is 9.00. The largest absolute Gasteiger partial charge is 0.368 e. The van der Waals surface area contributed by atoms with Crippen LogP contribution in [0.5, 0.6) is 0 Å². The smallest absolute Gasteiger partial charge is 0.252 e. The fraction of sp³-hybridized carbons (Fsp3) is 0.920. The molecule has 0 aromatic carbocycles. The monoisotopic (exact) mass is 462 g/mol. The Balaban J connectivity index is 1.31. The van der Waals surface area contributed by atoms with Gasteiger partial charge in [0, 0.05) is 32.0 Å². The molecule has 2 aliphatic carbocycles. The number of nitrogens with one attached hydrogen (secondary N) is 2. The Morgan fingerprint density at radius 2 is 1.67 bits per heavy atom. The van der Waals surface area contributed by atoms with Gasteiger partial charge in [0.1, 0.15) is 18.6 Å². The molecule has 0 radical (unpaired) electrons. The van der Waals surface area contributed by atoms with Crippen molar-refractivity contribution in [2.24, 2.45) is 17.8 Å². The van der Waals surface area contributed by atoms with Gasteiger partial charge in [-0.15, -0.1) is 0 Å². The van der Waals surface area contributed by atoms with E-state index >= 15 is 0 Å². The molecule has 5 rings (SSSR count). The summed E-state index contributed by atoms with van der Waals surface area (Å²) in [5.74, 6) is 2.09. The van der Waals surface area contributed by atoms with E-state index in [9.17, 15) is 9.59 Å². The van der Waals surface area contributed by atoms with Gasteiger partial charge in [0.2, 0.25) is 5.91 Å². The molecule has 33 heavy (non-hydrogen) atoms. The Morgan fingerprint density at radius 1 is 0.879 bits per heavy atom. The molecule has 2 saturated carbocycles. The minimum absolute atomic E-state index is 0.0600. The number of carbonyl (C=O) groups excluding carboxylic acids is 2. The summed E-state index contributed by atoms with van der Waals surface area (Å²) in [4.78, 5) is 30.2. The fourth-order valence-corrected chi connectivity index (χ4v) is 7.53. The zero-order chi connectivity index (χ0) is 23.1. The average molecular weight is 463 g/mol. The van der Waals surface area contributed by atoms with Crippen LogP contribution in [0.3, 0.4) is 0 Å². The van der Waals surface area contributed by atoms with Gasteiger partial charge in [-0.2, -0.15) is 0 Å². The van der Waals surface area contributed by atoms with Crippen molar-refractivity contribution >= 4 is 11.8 Å². The summed E-state index contributed by atoms with van der Waals surface area (Å²) in [6.07, 6.45) is 9.69. The lowest BCUT2D eigenvalue weighted by Gasteiger charge is -2.55. The van der Waals surface area contributed by atoms with Crippen molar-refractivity contribution in [2.75, 3.05) is 13.2 Å². The summed E-state index contributed by atoms with van der Waals surface area (Å²) in [7, 11) is 0. The quantitative estimate of drug-likeness (QED) is 0.670. The van der Waals surface area contributed by atoms with Crippen molar-refractivity contribution in [1.82, 2.24) is 20.7 Å². The number of piperazine rings is 1. The molecular weight excluding hydrogens is 420 g/mol. The van der Waals surface area contributed by atoms with Gasteiger partial charge in [0.25, 0.3) is 5.91 Å². The molecule has 9 atom stereocenters. The van der Waals surface area contributed by atoms with E-state index in [-0.39, 0.29) is 48.5 Å². The molecule has 3 heterocycles. The molecule has 8 heteroatoms. The van der Waals surface area contributed by atoms with Crippen LogP contribution in [-0.2, 0) is 19.1 Å². The van der Waals surface area contributed by atoms with Crippen molar-refractivity contribution in [3.05, 3.63) is 0 Å². The first kappa shape index (κ1) is 23.5. The Hall–Kier alpha value is -1.22. The number of rotatable bonds is 3. The van der Waals surface area contributed by atoms with E-state index in [2.05, 4.69) is 27.6 Å². The van der Waals surface area contributed by atoms with Gasteiger partial charge in [0.15, 0.2) is 0 Å². The van der Waals surface area contributed by atoms with Gasteiger partial charge in [-0.1, -0.05) is 12.8 Å². The van der Waals surface area contributed by atoms with E-state index in [0.29, 0.717) is 30.9 Å². The van der Waals surface area contributed by atoms with Crippen molar-refractivity contribution in [2.45, 2.75) is 115 Å². The second-order valence-electron chi connectivity index (χ2n) is 11.1. The van der Waals surface area contributed by atoms with Gasteiger partial charge in [-0.3, -0.25) is 9.59 Å². The second kappa shape index (κ2) is 9.80. The van der Waals surface area contributed by atoms with Crippen LogP contribution in [0.25, 0.3) is 0 Å². The number of hydrazine groups is 1. The standard InChI is InChI=1S/C25H42N4O4/c1-15-14-28(25(31)23-8-5-11-32-23)22-13-19(9-10-21(22)29(15)17(3)30)18-6-4-7-20(12-18)24-27-26-16(2)33-24/h15-16,18-24,26-27H,4-14H2,1-3H3/t15-,16?,18?,19?,20?,21?,22?,23?,24?/m0/s1.